The molecule has 1 unspecified atom stereocenters. The molecule has 0 aromatic heterocycles. The molecule has 0 bridgehead atoms. The van der Waals surface area contributed by atoms with Gasteiger partial charge in [-0.2, -0.15) is 0 Å². The Bertz CT molecular complexity index is 821. The molecule has 1 aromatic carbocycles. The van der Waals surface area contributed by atoms with Crippen LogP contribution in [0.25, 0.3) is 0 Å². The molecule has 30 heavy (non-hydrogen) atoms. The molecule has 2 rings (SSSR count). The number of amides is 1. The zero-order valence-corrected chi connectivity index (χ0v) is 17.8. The maximum absolute atomic E-state index is 13.1. The minimum Gasteiger partial charge on any atom is -0.466 e. The van der Waals surface area contributed by atoms with Crippen molar-refractivity contribution in [2.24, 2.45) is 5.92 Å². The molecule has 9 heteroatoms. The van der Waals surface area contributed by atoms with E-state index in [2.05, 4.69) is 4.74 Å². The average Bonchev–Trinajstić information content (AvgIpc) is 3.11. The third kappa shape index (κ3) is 5.31. The molecule has 1 aliphatic heterocycles. The van der Waals surface area contributed by atoms with Crippen LogP contribution < -0.4 is 4.90 Å². The molecule has 1 heterocycles. The number of hydrogen-bond acceptors (Lipinski definition) is 8. The Hall–Kier alpha value is -3.49. The lowest BCUT2D eigenvalue weighted by Gasteiger charge is -2.38. The van der Waals surface area contributed by atoms with Crippen molar-refractivity contribution >= 4 is 23.7 Å². The lowest BCUT2D eigenvalue weighted by Crippen LogP contribution is -2.54. The number of benzene rings is 1. The summed E-state index contributed by atoms with van der Waals surface area (Å²) in [6.45, 7) is 4.10. The summed E-state index contributed by atoms with van der Waals surface area (Å²) in [6, 6.07) is 8.91. The molecule has 1 atom stereocenters. The average molecular weight is 417 g/mol. The van der Waals surface area contributed by atoms with Gasteiger partial charge in [0.2, 0.25) is 0 Å². The largest absolute Gasteiger partial charge is 0.466 e. The van der Waals surface area contributed by atoms with Crippen LogP contribution in [-0.4, -0.2) is 62.0 Å². The molecular weight excluding hydrogens is 390 g/mol. The lowest BCUT2D eigenvalue weighted by molar-refractivity contribution is -0.140. The molecule has 9 nitrogen and oxygen atoms in total. The Morgan fingerprint density at radius 1 is 1.10 bits per heavy atom. The molecule has 0 saturated heterocycles. The van der Waals surface area contributed by atoms with Gasteiger partial charge in [0, 0.05) is 19.4 Å². The van der Waals surface area contributed by atoms with Gasteiger partial charge in [0.1, 0.15) is 5.70 Å². The molecule has 0 aliphatic carbocycles. The third-order valence-electron chi connectivity index (χ3n) is 4.21. The van der Waals surface area contributed by atoms with Crippen molar-refractivity contribution < 1.29 is 28.6 Å². The standard InChI is InChI=1S/C21H27N3O6/c1-15(2)14-30-21(27)24(16-9-7-6-8-10-16)20-22(3)11-12-23(20)17(19(26)29-5)13-18(25)28-4/h6-13,15,20H,14H2,1-5H3/b17-13+. The van der Waals surface area contributed by atoms with E-state index in [-0.39, 0.29) is 18.2 Å². The first-order chi connectivity index (χ1) is 14.3. The predicted octanol–water partition coefficient (Wildman–Crippen LogP) is 2.52. The molecule has 0 radical (unpaired) electrons. The van der Waals surface area contributed by atoms with Crippen LogP contribution in [0.4, 0.5) is 10.5 Å². The summed E-state index contributed by atoms with van der Waals surface area (Å²) in [6.07, 6.45) is 2.85. The van der Waals surface area contributed by atoms with Crippen LogP contribution in [0.1, 0.15) is 13.8 Å². The van der Waals surface area contributed by atoms with E-state index >= 15 is 0 Å². The summed E-state index contributed by atoms with van der Waals surface area (Å²) in [5, 5.41) is 0. The summed E-state index contributed by atoms with van der Waals surface area (Å²) in [7, 11) is 4.15. The van der Waals surface area contributed by atoms with Crippen molar-refractivity contribution in [2.45, 2.75) is 20.1 Å². The summed E-state index contributed by atoms with van der Waals surface area (Å²) in [5.74, 6) is -1.34. The topological polar surface area (TPSA) is 88.6 Å². The highest BCUT2D eigenvalue weighted by Crippen LogP contribution is 2.29. The highest BCUT2D eigenvalue weighted by molar-refractivity contribution is 5.96. The van der Waals surface area contributed by atoms with Gasteiger partial charge in [-0.3, -0.25) is 0 Å². The number of rotatable bonds is 7. The van der Waals surface area contributed by atoms with Gasteiger partial charge in [0.15, 0.2) is 6.29 Å². The van der Waals surface area contributed by atoms with E-state index in [0.29, 0.717) is 5.69 Å². The molecule has 162 valence electrons. The van der Waals surface area contributed by atoms with Crippen LogP contribution in [-0.2, 0) is 23.8 Å². The van der Waals surface area contributed by atoms with Crippen LogP contribution in [0, 0.1) is 5.92 Å². The highest BCUT2D eigenvalue weighted by atomic mass is 16.6. The van der Waals surface area contributed by atoms with Crippen molar-refractivity contribution in [3.63, 3.8) is 0 Å². The summed E-state index contributed by atoms with van der Waals surface area (Å²) in [4.78, 5) is 41.9. The fourth-order valence-electron chi connectivity index (χ4n) is 2.78. The number of carbonyl (C=O) groups is 3. The maximum Gasteiger partial charge on any atom is 0.417 e. The van der Waals surface area contributed by atoms with Gasteiger partial charge < -0.3 is 24.0 Å². The lowest BCUT2D eigenvalue weighted by atomic mass is 10.2. The first kappa shape index (κ1) is 22.8. The molecule has 0 fully saturated rings. The molecule has 1 aliphatic rings. The molecule has 0 saturated carbocycles. The number of nitrogens with zero attached hydrogens (tertiary/aromatic N) is 3. The number of methoxy groups -OCH3 is 2. The summed E-state index contributed by atoms with van der Waals surface area (Å²) in [5.41, 5.74) is 0.464. The first-order valence-corrected chi connectivity index (χ1v) is 9.37. The zero-order valence-electron chi connectivity index (χ0n) is 17.8. The quantitative estimate of drug-likeness (QED) is 0.380. The fourth-order valence-corrected chi connectivity index (χ4v) is 2.78. The van der Waals surface area contributed by atoms with E-state index in [0.717, 1.165) is 6.08 Å². The predicted molar refractivity (Wildman–Crippen MR) is 110 cm³/mol. The van der Waals surface area contributed by atoms with Crippen molar-refractivity contribution in [2.75, 3.05) is 32.8 Å². The number of para-hydroxylation sites is 1. The molecule has 0 N–H and O–H groups in total. The zero-order chi connectivity index (χ0) is 22.3. The molecule has 1 aromatic rings. The van der Waals surface area contributed by atoms with Crippen LogP contribution in [0.15, 0.2) is 54.5 Å². The van der Waals surface area contributed by atoms with Gasteiger partial charge in [0.05, 0.1) is 32.6 Å². The number of anilines is 1. The van der Waals surface area contributed by atoms with E-state index in [1.54, 1.807) is 48.6 Å². The monoisotopic (exact) mass is 417 g/mol. The Labute approximate surface area is 176 Å². The fraction of sp³-hybridized carbons (Fsp3) is 0.381. The van der Waals surface area contributed by atoms with E-state index in [4.69, 9.17) is 9.47 Å². The Balaban J connectivity index is 2.51. The normalized spacial score (nSPS) is 15.9. The number of carbonyl (C=O) groups excluding carboxylic acids is 3. The first-order valence-electron chi connectivity index (χ1n) is 9.37. The number of ether oxygens (including phenoxy) is 3. The van der Waals surface area contributed by atoms with E-state index in [1.807, 2.05) is 19.9 Å². The third-order valence-corrected chi connectivity index (χ3v) is 4.21. The van der Waals surface area contributed by atoms with Crippen LogP contribution >= 0.6 is 0 Å². The minimum atomic E-state index is -0.818. The number of esters is 2. The van der Waals surface area contributed by atoms with Gasteiger partial charge in [-0.1, -0.05) is 32.0 Å². The summed E-state index contributed by atoms with van der Waals surface area (Å²) >= 11 is 0. The maximum atomic E-state index is 13.1. The van der Waals surface area contributed by atoms with Crippen molar-refractivity contribution in [1.82, 2.24) is 9.80 Å². The van der Waals surface area contributed by atoms with Gasteiger partial charge in [0.25, 0.3) is 0 Å². The summed E-state index contributed by atoms with van der Waals surface area (Å²) < 4.78 is 15.0. The second-order valence-electron chi connectivity index (χ2n) is 6.94. The van der Waals surface area contributed by atoms with Crippen LogP contribution in [0.3, 0.4) is 0 Å². The van der Waals surface area contributed by atoms with E-state index in [9.17, 15) is 14.4 Å². The van der Waals surface area contributed by atoms with Crippen molar-refractivity contribution in [3.8, 4) is 0 Å². The van der Waals surface area contributed by atoms with Gasteiger partial charge >= 0.3 is 18.0 Å². The Morgan fingerprint density at radius 2 is 1.77 bits per heavy atom. The Kier molecular flexibility index (Phi) is 7.85. The van der Waals surface area contributed by atoms with Gasteiger partial charge in [-0.15, -0.1) is 0 Å². The number of hydrogen-bond donors (Lipinski definition) is 0. The van der Waals surface area contributed by atoms with Crippen molar-refractivity contribution in [1.29, 1.82) is 0 Å². The van der Waals surface area contributed by atoms with Crippen LogP contribution in [0.5, 0.6) is 0 Å². The highest BCUT2D eigenvalue weighted by Gasteiger charge is 2.39. The molecule has 0 spiro atoms. The van der Waals surface area contributed by atoms with Gasteiger partial charge in [-0.05, 0) is 18.1 Å². The van der Waals surface area contributed by atoms with Crippen LogP contribution in [0.2, 0.25) is 0 Å². The Morgan fingerprint density at radius 3 is 2.33 bits per heavy atom. The van der Waals surface area contributed by atoms with E-state index in [1.165, 1.54) is 24.0 Å². The second kappa shape index (κ2) is 10.3. The minimum absolute atomic E-state index is 0.0902. The molecule has 1 amide bonds. The van der Waals surface area contributed by atoms with E-state index < -0.39 is 24.3 Å². The smallest absolute Gasteiger partial charge is 0.417 e. The molecular formula is C21H27N3O6. The van der Waals surface area contributed by atoms with Gasteiger partial charge in [-0.25, -0.2) is 19.3 Å². The second-order valence-corrected chi connectivity index (χ2v) is 6.94. The SMILES string of the molecule is COC(=O)/C=C(\C(=O)OC)N1C=CN(C)C1N(C(=O)OCC(C)C)c1ccccc1. The van der Waals surface area contributed by atoms with Crippen molar-refractivity contribution in [3.05, 3.63) is 54.5 Å².